The van der Waals surface area contributed by atoms with Crippen LogP contribution in [0.15, 0.2) is 24.5 Å². The second-order valence-electron chi connectivity index (χ2n) is 6.47. The Balaban J connectivity index is 1.74. The highest BCUT2D eigenvalue weighted by Crippen LogP contribution is 2.36. The van der Waals surface area contributed by atoms with Crippen molar-refractivity contribution in [2.24, 2.45) is 7.05 Å². The second-order valence-corrected chi connectivity index (χ2v) is 6.47. The molecule has 4 heterocycles. The number of amides is 1. The molecule has 1 N–H and O–H groups in total. The zero-order chi connectivity index (χ0) is 16.8. The molecule has 0 radical (unpaired) electrons. The molecule has 4 rings (SSSR count). The monoisotopic (exact) mass is 323 g/mol. The summed E-state index contributed by atoms with van der Waals surface area (Å²) in [6, 6.07) is 3.91. The Morgan fingerprint density at radius 2 is 2.21 bits per heavy atom. The lowest BCUT2D eigenvalue weighted by molar-refractivity contribution is 0.0737. The highest BCUT2D eigenvalue weighted by atomic mass is 16.2. The van der Waals surface area contributed by atoms with E-state index in [0.29, 0.717) is 5.56 Å². The molecule has 1 fully saturated rings. The number of fused-ring (bicyclic) bond motifs is 1. The normalized spacial score (nSPS) is 17.8. The van der Waals surface area contributed by atoms with E-state index in [0.717, 1.165) is 41.8 Å². The Bertz CT molecular complexity index is 923. The fourth-order valence-electron chi connectivity index (χ4n) is 3.87. The lowest BCUT2D eigenvalue weighted by Crippen LogP contribution is -2.31. The van der Waals surface area contributed by atoms with E-state index in [1.165, 1.54) is 5.56 Å². The van der Waals surface area contributed by atoms with Crippen LogP contribution >= 0.6 is 0 Å². The maximum Gasteiger partial charge on any atom is 0.256 e. The maximum atomic E-state index is 13.2. The van der Waals surface area contributed by atoms with Crippen LogP contribution < -0.4 is 0 Å². The number of carbonyl (C=O) groups is 1. The minimum Gasteiger partial charge on any atom is -0.345 e. The van der Waals surface area contributed by atoms with Crippen LogP contribution in [0.25, 0.3) is 11.0 Å². The van der Waals surface area contributed by atoms with E-state index < -0.39 is 0 Å². The third-order valence-electron chi connectivity index (χ3n) is 5.09. The fraction of sp³-hybridized carbons (Fsp3) is 0.389. The van der Waals surface area contributed by atoms with Crippen molar-refractivity contribution < 1.29 is 4.79 Å². The predicted molar refractivity (Wildman–Crippen MR) is 91.8 cm³/mol. The van der Waals surface area contributed by atoms with Crippen LogP contribution in [-0.2, 0) is 7.05 Å². The molecule has 124 valence electrons. The van der Waals surface area contributed by atoms with Crippen LogP contribution in [0.5, 0.6) is 0 Å². The van der Waals surface area contributed by atoms with E-state index in [4.69, 9.17) is 0 Å². The summed E-state index contributed by atoms with van der Waals surface area (Å²) in [5.41, 5.74) is 4.80. The number of rotatable bonds is 2. The molecular formula is C18H21N5O. The molecule has 1 aliphatic rings. The number of aromatic amines is 1. The number of aryl methyl sites for hydroxylation is 2. The molecule has 0 bridgehead atoms. The molecule has 0 saturated carbocycles. The van der Waals surface area contributed by atoms with Crippen LogP contribution in [0.3, 0.4) is 0 Å². The lowest BCUT2D eigenvalue weighted by Gasteiger charge is -2.25. The number of hydrogen-bond donors (Lipinski definition) is 1. The van der Waals surface area contributed by atoms with Gasteiger partial charge in [-0.3, -0.25) is 9.48 Å². The molecule has 1 saturated heterocycles. The number of nitrogens with one attached hydrogen (secondary N) is 1. The Hall–Kier alpha value is -2.63. The standard InChI is InChI=1S/C18H21N5O/c1-11-16(12(2)22(3)21-11)15-7-5-9-23(15)18(24)14-10-20-17-13(14)6-4-8-19-17/h4,6,8,10,15H,5,7,9H2,1-3H3,(H,19,20). The third kappa shape index (κ3) is 2.13. The van der Waals surface area contributed by atoms with Crippen molar-refractivity contribution in [3.63, 3.8) is 0 Å². The number of likely N-dealkylation sites (tertiary alicyclic amines) is 1. The Kier molecular flexibility index (Phi) is 3.40. The first-order valence-corrected chi connectivity index (χ1v) is 8.31. The summed E-state index contributed by atoms with van der Waals surface area (Å²) >= 11 is 0. The van der Waals surface area contributed by atoms with Gasteiger partial charge in [0, 0.05) is 42.6 Å². The molecule has 1 amide bonds. The summed E-state index contributed by atoms with van der Waals surface area (Å²) in [5, 5.41) is 5.41. The second kappa shape index (κ2) is 5.47. The Labute approximate surface area is 140 Å². The minimum atomic E-state index is 0.0689. The topological polar surface area (TPSA) is 66.8 Å². The van der Waals surface area contributed by atoms with Gasteiger partial charge in [-0.2, -0.15) is 5.10 Å². The van der Waals surface area contributed by atoms with E-state index in [9.17, 15) is 4.79 Å². The molecule has 1 unspecified atom stereocenters. The fourth-order valence-corrected chi connectivity index (χ4v) is 3.87. The number of aromatic nitrogens is 4. The molecule has 3 aromatic rings. The quantitative estimate of drug-likeness (QED) is 0.788. The summed E-state index contributed by atoms with van der Waals surface area (Å²) in [6.07, 6.45) is 5.51. The zero-order valence-corrected chi connectivity index (χ0v) is 14.2. The van der Waals surface area contributed by atoms with Crippen molar-refractivity contribution >= 4 is 16.9 Å². The van der Waals surface area contributed by atoms with Crippen molar-refractivity contribution in [2.75, 3.05) is 6.54 Å². The van der Waals surface area contributed by atoms with Gasteiger partial charge in [-0.25, -0.2) is 4.98 Å². The first kappa shape index (κ1) is 14.9. The number of pyridine rings is 1. The van der Waals surface area contributed by atoms with Crippen LogP contribution in [-0.4, -0.2) is 37.1 Å². The smallest absolute Gasteiger partial charge is 0.256 e. The first-order chi connectivity index (χ1) is 11.6. The van der Waals surface area contributed by atoms with Gasteiger partial charge < -0.3 is 9.88 Å². The van der Waals surface area contributed by atoms with Gasteiger partial charge in [0.15, 0.2) is 0 Å². The highest BCUT2D eigenvalue weighted by Gasteiger charge is 2.34. The summed E-state index contributed by atoms with van der Waals surface area (Å²) in [7, 11) is 1.96. The Morgan fingerprint density at radius 3 is 2.96 bits per heavy atom. The van der Waals surface area contributed by atoms with Crippen molar-refractivity contribution in [2.45, 2.75) is 32.7 Å². The maximum absolute atomic E-state index is 13.2. The van der Waals surface area contributed by atoms with Gasteiger partial charge in [-0.1, -0.05) is 0 Å². The van der Waals surface area contributed by atoms with E-state index in [2.05, 4.69) is 22.0 Å². The van der Waals surface area contributed by atoms with Crippen molar-refractivity contribution in [1.82, 2.24) is 24.6 Å². The van der Waals surface area contributed by atoms with E-state index >= 15 is 0 Å². The van der Waals surface area contributed by atoms with E-state index in [-0.39, 0.29) is 11.9 Å². The third-order valence-corrected chi connectivity index (χ3v) is 5.09. The minimum absolute atomic E-state index is 0.0689. The van der Waals surface area contributed by atoms with Crippen molar-refractivity contribution in [1.29, 1.82) is 0 Å². The lowest BCUT2D eigenvalue weighted by atomic mass is 10.0. The molecule has 0 aromatic carbocycles. The van der Waals surface area contributed by atoms with Crippen molar-refractivity contribution in [3.05, 3.63) is 47.0 Å². The molecule has 6 nitrogen and oxygen atoms in total. The summed E-state index contributed by atoms with van der Waals surface area (Å²) < 4.78 is 1.90. The number of carbonyl (C=O) groups excluding carboxylic acids is 1. The predicted octanol–water partition coefficient (Wildman–Crippen LogP) is 2.89. The van der Waals surface area contributed by atoms with Gasteiger partial charge in [0.1, 0.15) is 5.65 Å². The van der Waals surface area contributed by atoms with E-state index in [1.807, 2.05) is 35.7 Å². The molecule has 0 aliphatic carbocycles. The molecule has 24 heavy (non-hydrogen) atoms. The molecule has 1 atom stereocenters. The SMILES string of the molecule is Cc1nn(C)c(C)c1C1CCCN1C(=O)c1c[nH]c2ncccc12. The van der Waals surface area contributed by atoms with Gasteiger partial charge in [0.2, 0.25) is 0 Å². The number of hydrogen-bond acceptors (Lipinski definition) is 3. The van der Waals surface area contributed by atoms with E-state index in [1.54, 1.807) is 12.4 Å². The average molecular weight is 323 g/mol. The molecule has 0 spiro atoms. The van der Waals surface area contributed by atoms with Gasteiger partial charge >= 0.3 is 0 Å². The van der Waals surface area contributed by atoms with Gasteiger partial charge in [0.05, 0.1) is 17.3 Å². The largest absolute Gasteiger partial charge is 0.345 e. The van der Waals surface area contributed by atoms with Crippen molar-refractivity contribution in [3.8, 4) is 0 Å². The van der Waals surface area contributed by atoms with Gasteiger partial charge in [-0.05, 0) is 38.8 Å². The van der Waals surface area contributed by atoms with Crippen LogP contribution in [0.1, 0.15) is 46.2 Å². The molecular weight excluding hydrogens is 302 g/mol. The number of nitrogens with zero attached hydrogens (tertiary/aromatic N) is 4. The average Bonchev–Trinajstić information content (AvgIpc) is 3.26. The molecule has 3 aromatic heterocycles. The van der Waals surface area contributed by atoms with Crippen LogP contribution in [0.2, 0.25) is 0 Å². The Morgan fingerprint density at radius 1 is 1.38 bits per heavy atom. The van der Waals surface area contributed by atoms with Gasteiger partial charge in [-0.15, -0.1) is 0 Å². The number of H-pyrrole nitrogens is 1. The molecule has 1 aliphatic heterocycles. The van der Waals surface area contributed by atoms with Crippen LogP contribution in [0.4, 0.5) is 0 Å². The highest BCUT2D eigenvalue weighted by molar-refractivity contribution is 6.06. The zero-order valence-electron chi connectivity index (χ0n) is 14.2. The summed E-state index contributed by atoms with van der Waals surface area (Å²) in [5.74, 6) is 0.0689. The first-order valence-electron chi connectivity index (χ1n) is 8.31. The summed E-state index contributed by atoms with van der Waals surface area (Å²) in [6.45, 7) is 4.88. The van der Waals surface area contributed by atoms with Gasteiger partial charge in [0.25, 0.3) is 5.91 Å². The molecule has 6 heteroatoms. The summed E-state index contributed by atoms with van der Waals surface area (Å²) in [4.78, 5) is 22.6. The van der Waals surface area contributed by atoms with Crippen LogP contribution in [0, 0.1) is 13.8 Å².